The molecule has 0 unspecified atom stereocenters. The first-order valence-corrected chi connectivity index (χ1v) is 5.55. The molecule has 0 rings (SSSR count). The van der Waals surface area contributed by atoms with Crippen LogP contribution in [0.4, 0.5) is 4.79 Å². The fourth-order valence-corrected chi connectivity index (χ4v) is 1.36. The molecule has 0 bridgehead atoms. The normalized spacial score (nSPS) is 11.0. The fraction of sp³-hybridized carbons (Fsp3) is 0.833. The van der Waals surface area contributed by atoms with Crippen LogP contribution in [0.25, 0.3) is 0 Å². The zero-order chi connectivity index (χ0) is 11.0. The van der Waals surface area contributed by atoms with Gasteiger partial charge >= 0.3 is 16.3 Å². The summed E-state index contributed by atoms with van der Waals surface area (Å²) in [7, 11) is -3.86. The molecule has 84 valence electrons. The molecule has 0 aromatic rings. The van der Waals surface area contributed by atoms with Gasteiger partial charge in [-0.3, -0.25) is 0 Å². The number of amides is 1. The summed E-state index contributed by atoms with van der Waals surface area (Å²) in [5.74, 6) is 0. The average Bonchev–Trinajstić information content (AvgIpc) is 2.03. The molecule has 3 N–H and O–H groups in total. The minimum Gasteiger partial charge on any atom is -0.449 e. The van der Waals surface area contributed by atoms with Crippen molar-refractivity contribution in [1.29, 1.82) is 0 Å². The maximum Gasteiger partial charge on any atom is 0.421 e. The molecule has 0 atom stereocenters. The Hall–Kier alpha value is -0.860. The molecular weight excluding hydrogens is 212 g/mol. The molecule has 0 saturated heterocycles. The third kappa shape index (κ3) is 6.63. The van der Waals surface area contributed by atoms with Gasteiger partial charge in [-0.2, -0.15) is 13.1 Å². The van der Waals surface area contributed by atoms with Crippen LogP contribution in [0.5, 0.6) is 0 Å². The van der Waals surface area contributed by atoms with Gasteiger partial charge in [0.1, 0.15) is 0 Å². The summed E-state index contributed by atoms with van der Waals surface area (Å²) in [6, 6.07) is 0. The Bertz CT molecular complexity index is 263. The van der Waals surface area contributed by atoms with Crippen LogP contribution >= 0.6 is 0 Å². The zero-order valence-corrected chi connectivity index (χ0v) is 8.63. The lowest BCUT2D eigenvalue weighted by atomic mass is 10.5. The highest BCUT2D eigenvalue weighted by Gasteiger charge is 2.13. The lowest BCUT2D eigenvalue weighted by molar-refractivity contribution is 0.158. The quantitative estimate of drug-likeness (QED) is 0.501. The van der Waals surface area contributed by atoms with E-state index in [4.69, 9.17) is 5.11 Å². The smallest absolute Gasteiger partial charge is 0.421 e. The van der Waals surface area contributed by atoms with E-state index in [0.29, 0.717) is 0 Å². The van der Waals surface area contributed by atoms with Gasteiger partial charge in [-0.25, -0.2) is 9.52 Å². The van der Waals surface area contributed by atoms with E-state index in [1.807, 2.05) is 4.72 Å². The fourth-order valence-electron chi connectivity index (χ4n) is 0.592. The number of nitrogens with one attached hydrogen (secondary N) is 2. The van der Waals surface area contributed by atoms with Gasteiger partial charge in [0.05, 0.1) is 6.61 Å². The maximum atomic E-state index is 11.0. The second-order valence-corrected chi connectivity index (χ2v) is 3.80. The molecule has 0 aromatic carbocycles. The van der Waals surface area contributed by atoms with Crippen LogP contribution in [0, 0.1) is 0 Å². The summed E-state index contributed by atoms with van der Waals surface area (Å²) in [5, 5.41) is 8.38. The minimum absolute atomic E-state index is 0.0608. The van der Waals surface area contributed by atoms with Crippen molar-refractivity contribution < 1.29 is 23.1 Å². The van der Waals surface area contributed by atoms with E-state index >= 15 is 0 Å². The van der Waals surface area contributed by atoms with Crippen molar-refractivity contribution >= 4 is 16.3 Å². The van der Waals surface area contributed by atoms with Crippen LogP contribution in [0.15, 0.2) is 0 Å². The van der Waals surface area contributed by atoms with E-state index in [-0.39, 0.29) is 26.2 Å². The summed E-state index contributed by atoms with van der Waals surface area (Å²) >= 11 is 0. The number of hydrogen-bond acceptors (Lipinski definition) is 5. The van der Waals surface area contributed by atoms with Gasteiger partial charge in [0.15, 0.2) is 0 Å². The highest BCUT2D eigenvalue weighted by molar-refractivity contribution is 7.88. The van der Waals surface area contributed by atoms with Crippen LogP contribution in [0.2, 0.25) is 0 Å². The number of carbonyl (C=O) groups is 1. The van der Waals surface area contributed by atoms with Gasteiger partial charge < -0.3 is 9.84 Å². The third-order valence-electron chi connectivity index (χ3n) is 1.12. The second-order valence-electron chi connectivity index (χ2n) is 2.30. The van der Waals surface area contributed by atoms with Gasteiger partial charge in [-0.05, 0) is 13.3 Å². The number of ether oxygens (including phenoxy) is 1. The Morgan fingerprint density at radius 1 is 1.50 bits per heavy atom. The maximum absolute atomic E-state index is 11.0. The van der Waals surface area contributed by atoms with Gasteiger partial charge in [0.25, 0.3) is 0 Å². The molecule has 0 aliphatic carbocycles. The molecule has 1 amide bonds. The molecule has 0 aliphatic heterocycles. The van der Waals surface area contributed by atoms with Crippen molar-refractivity contribution in [2.45, 2.75) is 13.3 Å². The van der Waals surface area contributed by atoms with Crippen LogP contribution in [-0.4, -0.2) is 39.4 Å². The van der Waals surface area contributed by atoms with E-state index in [1.54, 1.807) is 11.6 Å². The van der Waals surface area contributed by atoms with E-state index in [0.717, 1.165) is 0 Å². The van der Waals surface area contributed by atoms with Crippen molar-refractivity contribution in [2.24, 2.45) is 0 Å². The Labute approximate surface area is 82.6 Å². The number of aliphatic hydroxyl groups excluding tert-OH is 1. The SMILES string of the molecule is CCOC(=O)NS(=O)(=O)NCCCO. The van der Waals surface area contributed by atoms with Crippen molar-refractivity contribution in [3.8, 4) is 0 Å². The summed E-state index contributed by atoms with van der Waals surface area (Å²) in [6.07, 6.45) is -0.743. The Balaban J connectivity index is 3.89. The molecule has 7 nitrogen and oxygen atoms in total. The molecule has 0 saturated carbocycles. The predicted molar refractivity (Wildman–Crippen MR) is 48.8 cm³/mol. The van der Waals surface area contributed by atoms with Crippen molar-refractivity contribution in [2.75, 3.05) is 19.8 Å². The first kappa shape index (κ1) is 13.1. The van der Waals surface area contributed by atoms with Gasteiger partial charge in [0.2, 0.25) is 0 Å². The Kier molecular flexibility index (Phi) is 6.17. The molecule has 0 aromatic heterocycles. The topological polar surface area (TPSA) is 105 Å². The van der Waals surface area contributed by atoms with Gasteiger partial charge in [-0.15, -0.1) is 0 Å². The van der Waals surface area contributed by atoms with Crippen LogP contribution in [0.1, 0.15) is 13.3 Å². The summed E-state index contributed by atoms with van der Waals surface area (Å²) in [4.78, 5) is 10.7. The lowest BCUT2D eigenvalue weighted by Gasteiger charge is -2.06. The largest absolute Gasteiger partial charge is 0.449 e. The van der Waals surface area contributed by atoms with Crippen LogP contribution in [0.3, 0.4) is 0 Å². The van der Waals surface area contributed by atoms with E-state index in [2.05, 4.69) is 4.74 Å². The third-order valence-corrected chi connectivity index (χ3v) is 2.14. The Morgan fingerprint density at radius 2 is 2.14 bits per heavy atom. The molecule has 14 heavy (non-hydrogen) atoms. The van der Waals surface area contributed by atoms with Crippen molar-refractivity contribution in [3.63, 3.8) is 0 Å². The Morgan fingerprint density at radius 3 is 2.64 bits per heavy atom. The summed E-state index contributed by atoms with van der Waals surface area (Å²) in [6.45, 7) is 1.59. The van der Waals surface area contributed by atoms with Crippen LogP contribution < -0.4 is 9.44 Å². The van der Waals surface area contributed by atoms with E-state index < -0.39 is 16.3 Å². The van der Waals surface area contributed by atoms with Gasteiger partial charge in [0, 0.05) is 13.2 Å². The number of aliphatic hydroxyl groups is 1. The summed E-state index contributed by atoms with van der Waals surface area (Å²) < 4.78 is 30.0. The number of carbonyl (C=O) groups excluding carboxylic acids is 1. The van der Waals surface area contributed by atoms with Crippen molar-refractivity contribution in [1.82, 2.24) is 9.44 Å². The molecule has 0 radical (unpaired) electrons. The van der Waals surface area contributed by atoms with Crippen LogP contribution in [-0.2, 0) is 14.9 Å². The standard InChI is InChI=1S/C6H14N2O5S/c1-2-13-6(10)8-14(11,12)7-4-3-5-9/h7,9H,2-5H2,1H3,(H,8,10). The summed E-state index contributed by atoms with van der Waals surface area (Å²) in [5.41, 5.74) is 0. The molecule has 0 heterocycles. The number of rotatable bonds is 6. The first-order chi connectivity index (χ1) is 6.52. The first-order valence-electron chi connectivity index (χ1n) is 4.07. The van der Waals surface area contributed by atoms with Crippen molar-refractivity contribution in [3.05, 3.63) is 0 Å². The van der Waals surface area contributed by atoms with E-state index in [1.165, 1.54) is 0 Å². The molecule has 0 spiro atoms. The number of hydrogen-bond donors (Lipinski definition) is 3. The second kappa shape index (κ2) is 6.57. The van der Waals surface area contributed by atoms with E-state index in [9.17, 15) is 13.2 Å². The minimum atomic E-state index is -3.86. The molecule has 8 heteroatoms. The molecule has 0 aliphatic rings. The lowest BCUT2D eigenvalue weighted by Crippen LogP contribution is -2.41. The predicted octanol–water partition coefficient (Wildman–Crippen LogP) is -1.05. The monoisotopic (exact) mass is 226 g/mol. The molecular formula is C6H14N2O5S. The highest BCUT2D eigenvalue weighted by atomic mass is 32.2. The highest BCUT2D eigenvalue weighted by Crippen LogP contribution is 1.83. The average molecular weight is 226 g/mol. The van der Waals surface area contributed by atoms with Gasteiger partial charge in [-0.1, -0.05) is 0 Å². The zero-order valence-electron chi connectivity index (χ0n) is 7.82. The molecule has 0 fully saturated rings.